The van der Waals surface area contributed by atoms with Gasteiger partial charge in [0.15, 0.2) is 11.5 Å². The van der Waals surface area contributed by atoms with E-state index in [4.69, 9.17) is 9.47 Å². The highest BCUT2D eigenvalue weighted by molar-refractivity contribution is 5.98. The summed E-state index contributed by atoms with van der Waals surface area (Å²) in [6.07, 6.45) is 3.16. The zero-order valence-electron chi connectivity index (χ0n) is 9.00. The van der Waals surface area contributed by atoms with Crippen LogP contribution >= 0.6 is 0 Å². The number of aromatic nitrogens is 2. The van der Waals surface area contributed by atoms with Crippen LogP contribution in [0.2, 0.25) is 0 Å². The molecule has 1 aromatic heterocycles. The van der Waals surface area contributed by atoms with Gasteiger partial charge >= 0.3 is 0 Å². The van der Waals surface area contributed by atoms with Crippen LogP contribution in [0.15, 0.2) is 36.7 Å². The van der Waals surface area contributed by atoms with Gasteiger partial charge in [-0.15, -0.1) is 0 Å². The Morgan fingerprint density at radius 1 is 1.24 bits per heavy atom. The molecule has 2 aromatic rings. The molecule has 3 rings (SSSR count). The van der Waals surface area contributed by atoms with E-state index < -0.39 is 0 Å². The Hall–Kier alpha value is -2.30. The molecule has 0 spiro atoms. The minimum Gasteiger partial charge on any atom is -0.486 e. The third kappa shape index (κ3) is 1.65. The van der Waals surface area contributed by atoms with Crippen LogP contribution in [0.5, 0.6) is 11.5 Å². The van der Waals surface area contributed by atoms with Gasteiger partial charge in [0.25, 0.3) is 5.91 Å². The van der Waals surface area contributed by atoms with Gasteiger partial charge in [0.1, 0.15) is 13.2 Å². The van der Waals surface area contributed by atoms with Crippen LogP contribution in [-0.4, -0.2) is 28.9 Å². The van der Waals surface area contributed by atoms with Crippen molar-refractivity contribution < 1.29 is 14.3 Å². The van der Waals surface area contributed by atoms with Crippen molar-refractivity contribution in [2.75, 3.05) is 13.2 Å². The Morgan fingerprint density at radius 2 is 2.12 bits per heavy atom. The number of benzene rings is 1. The lowest BCUT2D eigenvalue weighted by atomic mass is 10.1. The molecule has 2 heterocycles. The molecule has 0 radical (unpaired) electrons. The smallest absolute Gasteiger partial charge is 0.282 e. The molecule has 0 N–H and O–H groups in total. The monoisotopic (exact) mass is 230 g/mol. The number of ether oxygens (including phenoxy) is 2. The van der Waals surface area contributed by atoms with Gasteiger partial charge in [0.05, 0.1) is 5.56 Å². The SMILES string of the molecule is O=C(c1cccc2c1OCCO2)n1cccn1. The minimum atomic E-state index is -0.225. The van der Waals surface area contributed by atoms with Gasteiger partial charge in [-0.1, -0.05) is 6.07 Å². The van der Waals surface area contributed by atoms with Crippen LogP contribution in [0.25, 0.3) is 0 Å². The fourth-order valence-corrected chi connectivity index (χ4v) is 1.75. The fourth-order valence-electron chi connectivity index (χ4n) is 1.75. The van der Waals surface area contributed by atoms with Gasteiger partial charge in [-0.2, -0.15) is 5.10 Å². The van der Waals surface area contributed by atoms with Crippen LogP contribution < -0.4 is 9.47 Å². The molecular weight excluding hydrogens is 220 g/mol. The quantitative estimate of drug-likeness (QED) is 0.741. The fraction of sp³-hybridized carbons (Fsp3) is 0.167. The number of hydrogen-bond acceptors (Lipinski definition) is 4. The third-order valence-electron chi connectivity index (χ3n) is 2.51. The second-order valence-electron chi connectivity index (χ2n) is 3.59. The molecule has 0 bridgehead atoms. The lowest BCUT2D eigenvalue weighted by molar-refractivity contribution is 0.0934. The number of fused-ring (bicyclic) bond motifs is 1. The molecule has 5 heteroatoms. The van der Waals surface area contributed by atoms with Gasteiger partial charge in [0.2, 0.25) is 0 Å². The minimum absolute atomic E-state index is 0.225. The maximum absolute atomic E-state index is 12.1. The van der Waals surface area contributed by atoms with E-state index >= 15 is 0 Å². The molecule has 0 saturated heterocycles. The molecule has 86 valence electrons. The summed E-state index contributed by atoms with van der Waals surface area (Å²) in [6.45, 7) is 0.961. The lowest BCUT2D eigenvalue weighted by Crippen LogP contribution is -2.20. The summed E-state index contributed by atoms with van der Waals surface area (Å²) in [5, 5.41) is 3.91. The standard InChI is InChI=1S/C12H10N2O3/c15-12(14-6-2-5-13-14)9-3-1-4-10-11(9)17-8-7-16-10/h1-6H,7-8H2. The molecule has 17 heavy (non-hydrogen) atoms. The molecule has 0 saturated carbocycles. The Kier molecular flexibility index (Phi) is 2.29. The van der Waals surface area contributed by atoms with E-state index in [0.717, 1.165) is 0 Å². The van der Waals surface area contributed by atoms with Crippen molar-refractivity contribution >= 4 is 5.91 Å². The molecule has 0 aliphatic carbocycles. The average molecular weight is 230 g/mol. The molecule has 0 fully saturated rings. The van der Waals surface area contributed by atoms with Crippen molar-refractivity contribution in [1.29, 1.82) is 0 Å². The van der Waals surface area contributed by atoms with Crippen molar-refractivity contribution in [3.8, 4) is 11.5 Å². The van der Waals surface area contributed by atoms with E-state index in [1.54, 1.807) is 36.7 Å². The summed E-state index contributed by atoms with van der Waals surface area (Å²) in [7, 11) is 0. The van der Waals surface area contributed by atoms with E-state index in [0.29, 0.717) is 30.3 Å². The van der Waals surface area contributed by atoms with Crippen LogP contribution in [0, 0.1) is 0 Å². The van der Waals surface area contributed by atoms with E-state index in [-0.39, 0.29) is 5.91 Å². The van der Waals surface area contributed by atoms with Gasteiger partial charge < -0.3 is 9.47 Å². The number of nitrogens with zero attached hydrogens (tertiary/aromatic N) is 2. The zero-order valence-corrected chi connectivity index (χ0v) is 9.00. The van der Waals surface area contributed by atoms with Crippen LogP contribution in [0.3, 0.4) is 0 Å². The highest BCUT2D eigenvalue weighted by Crippen LogP contribution is 2.33. The van der Waals surface area contributed by atoms with Gasteiger partial charge in [-0.3, -0.25) is 4.79 Å². The maximum atomic E-state index is 12.1. The Morgan fingerprint density at radius 3 is 2.94 bits per heavy atom. The summed E-state index contributed by atoms with van der Waals surface area (Å²) < 4.78 is 12.2. The van der Waals surface area contributed by atoms with Crippen LogP contribution in [0.4, 0.5) is 0 Å². The molecule has 1 aromatic carbocycles. The maximum Gasteiger partial charge on any atom is 0.282 e. The summed E-state index contributed by atoms with van der Waals surface area (Å²) in [4.78, 5) is 12.1. The zero-order chi connectivity index (χ0) is 11.7. The molecule has 1 aliphatic heterocycles. The first-order valence-corrected chi connectivity index (χ1v) is 5.29. The number of carbonyl (C=O) groups excluding carboxylic acids is 1. The summed E-state index contributed by atoms with van der Waals surface area (Å²) in [6, 6.07) is 6.96. The van der Waals surface area contributed by atoms with Gasteiger partial charge in [-0.05, 0) is 18.2 Å². The van der Waals surface area contributed by atoms with Crippen LogP contribution in [-0.2, 0) is 0 Å². The first-order chi connectivity index (χ1) is 8.36. The normalized spacial score (nSPS) is 13.4. The lowest BCUT2D eigenvalue weighted by Gasteiger charge is -2.20. The topological polar surface area (TPSA) is 53.4 Å². The molecule has 0 atom stereocenters. The Balaban J connectivity index is 2.06. The predicted molar refractivity (Wildman–Crippen MR) is 59.4 cm³/mol. The first kappa shape index (κ1) is 9.89. The van der Waals surface area contributed by atoms with E-state index in [1.807, 2.05) is 0 Å². The van der Waals surface area contributed by atoms with E-state index in [1.165, 1.54) is 4.68 Å². The predicted octanol–water partition coefficient (Wildman–Crippen LogP) is 1.34. The molecule has 1 aliphatic rings. The average Bonchev–Trinajstić information content (AvgIpc) is 2.91. The molecule has 0 unspecified atom stereocenters. The van der Waals surface area contributed by atoms with E-state index in [2.05, 4.69) is 5.10 Å². The number of carbonyl (C=O) groups is 1. The molecular formula is C12H10N2O3. The van der Waals surface area contributed by atoms with Crippen molar-refractivity contribution in [3.05, 3.63) is 42.2 Å². The van der Waals surface area contributed by atoms with Crippen molar-refractivity contribution in [3.63, 3.8) is 0 Å². The number of hydrogen-bond donors (Lipinski definition) is 0. The van der Waals surface area contributed by atoms with Crippen molar-refractivity contribution in [1.82, 2.24) is 9.78 Å². The molecule has 0 amide bonds. The van der Waals surface area contributed by atoms with E-state index in [9.17, 15) is 4.79 Å². The highest BCUT2D eigenvalue weighted by atomic mass is 16.6. The van der Waals surface area contributed by atoms with Crippen molar-refractivity contribution in [2.45, 2.75) is 0 Å². The first-order valence-electron chi connectivity index (χ1n) is 5.29. The van der Waals surface area contributed by atoms with Crippen molar-refractivity contribution in [2.24, 2.45) is 0 Å². The number of rotatable bonds is 1. The summed E-state index contributed by atoms with van der Waals surface area (Å²) in [5.74, 6) is 0.880. The van der Waals surface area contributed by atoms with Gasteiger partial charge in [-0.25, -0.2) is 4.68 Å². The highest BCUT2D eigenvalue weighted by Gasteiger charge is 2.21. The van der Waals surface area contributed by atoms with Crippen LogP contribution in [0.1, 0.15) is 10.4 Å². The largest absolute Gasteiger partial charge is 0.486 e. The molecule has 5 nitrogen and oxygen atoms in total. The summed E-state index contributed by atoms with van der Waals surface area (Å²) >= 11 is 0. The summed E-state index contributed by atoms with van der Waals surface area (Å²) in [5.41, 5.74) is 0.464. The Labute approximate surface area is 97.6 Å². The van der Waals surface area contributed by atoms with Gasteiger partial charge in [0, 0.05) is 12.4 Å². The second kappa shape index (κ2) is 3.93. The number of para-hydroxylation sites is 1. The third-order valence-corrected chi connectivity index (χ3v) is 2.51. The second-order valence-corrected chi connectivity index (χ2v) is 3.59. The Bertz CT molecular complexity index is 549.